The van der Waals surface area contributed by atoms with Crippen molar-refractivity contribution in [1.29, 1.82) is 0 Å². The van der Waals surface area contributed by atoms with E-state index in [-0.39, 0.29) is 17.9 Å². The fourth-order valence-corrected chi connectivity index (χ4v) is 1.86. The number of rotatable bonds is 2. The van der Waals surface area contributed by atoms with Gasteiger partial charge in [-0.25, -0.2) is 4.98 Å². The van der Waals surface area contributed by atoms with Crippen LogP contribution in [0, 0.1) is 0 Å². The fourth-order valence-electron chi connectivity index (χ4n) is 1.63. The molecule has 2 heterocycles. The monoisotopic (exact) mass is 297 g/mol. The summed E-state index contributed by atoms with van der Waals surface area (Å²) < 4.78 is 0.832. The SMILES string of the molecule is O=C1CCC(NC(=O)c2ccc(Br)cn2)CN1. The summed E-state index contributed by atoms with van der Waals surface area (Å²) in [5.41, 5.74) is 0.380. The predicted octanol–water partition coefficient (Wildman–Crippen LogP) is 0.853. The highest BCUT2D eigenvalue weighted by atomic mass is 79.9. The zero-order valence-corrected chi connectivity index (χ0v) is 10.7. The minimum Gasteiger partial charge on any atom is -0.354 e. The van der Waals surface area contributed by atoms with Crippen molar-refractivity contribution in [2.45, 2.75) is 18.9 Å². The second kappa shape index (κ2) is 5.27. The van der Waals surface area contributed by atoms with Gasteiger partial charge in [0.25, 0.3) is 5.91 Å². The molecular formula is C11H12BrN3O2. The quantitative estimate of drug-likeness (QED) is 0.850. The maximum absolute atomic E-state index is 11.8. The Morgan fingerprint density at radius 1 is 1.53 bits per heavy atom. The number of carbonyl (C=O) groups is 2. The van der Waals surface area contributed by atoms with Crippen LogP contribution in [-0.4, -0.2) is 29.4 Å². The Balaban J connectivity index is 1.93. The first-order valence-corrected chi connectivity index (χ1v) is 6.13. The van der Waals surface area contributed by atoms with Gasteiger partial charge in [-0.2, -0.15) is 0 Å². The van der Waals surface area contributed by atoms with Crippen molar-refractivity contribution < 1.29 is 9.59 Å². The molecule has 0 saturated carbocycles. The van der Waals surface area contributed by atoms with Crippen LogP contribution in [0.15, 0.2) is 22.8 Å². The van der Waals surface area contributed by atoms with Gasteiger partial charge in [0, 0.05) is 29.7 Å². The molecule has 0 spiro atoms. The number of pyridine rings is 1. The molecule has 17 heavy (non-hydrogen) atoms. The molecule has 1 aliphatic rings. The molecule has 1 aliphatic heterocycles. The molecule has 0 aliphatic carbocycles. The summed E-state index contributed by atoms with van der Waals surface area (Å²) >= 11 is 3.26. The van der Waals surface area contributed by atoms with E-state index < -0.39 is 0 Å². The third kappa shape index (κ3) is 3.26. The molecule has 0 aromatic carbocycles. The normalized spacial score (nSPS) is 19.6. The Morgan fingerprint density at radius 2 is 2.35 bits per heavy atom. The lowest BCUT2D eigenvalue weighted by Crippen LogP contribution is -2.47. The first-order chi connectivity index (χ1) is 8.15. The van der Waals surface area contributed by atoms with Gasteiger partial charge < -0.3 is 10.6 Å². The second-order valence-corrected chi connectivity index (χ2v) is 4.79. The Hall–Kier alpha value is -1.43. The summed E-state index contributed by atoms with van der Waals surface area (Å²) in [4.78, 5) is 26.8. The lowest BCUT2D eigenvalue weighted by atomic mass is 10.1. The molecule has 6 heteroatoms. The lowest BCUT2D eigenvalue weighted by Gasteiger charge is -2.23. The molecule has 1 saturated heterocycles. The molecule has 0 radical (unpaired) electrons. The van der Waals surface area contributed by atoms with Gasteiger partial charge in [0.2, 0.25) is 5.91 Å². The molecule has 2 amide bonds. The van der Waals surface area contributed by atoms with Crippen LogP contribution in [0.2, 0.25) is 0 Å². The molecule has 1 fully saturated rings. The predicted molar refractivity (Wildman–Crippen MR) is 65.4 cm³/mol. The maximum atomic E-state index is 11.8. The van der Waals surface area contributed by atoms with Crippen molar-refractivity contribution in [3.05, 3.63) is 28.5 Å². The summed E-state index contributed by atoms with van der Waals surface area (Å²) in [5.74, 6) is -0.170. The molecule has 1 aromatic rings. The zero-order valence-electron chi connectivity index (χ0n) is 9.07. The topological polar surface area (TPSA) is 71.1 Å². The van der Waals surface area contributed by atoms with Gasteiger partial charge in [0.15, 0.2) is 0 Å². The number of carbonyl (C=O) groups excluding carboxylic acids is 2. The Morgan fingerprint density at radius 3 is 2.94 bits per heavy atom. The van der Waals surface area contributed by atoms with Crippen LogP contribution in [0.25, 0.3) is 0 Å². The number of halogens is 1. The Kier molecular flexibility index (Phi) is 3.73. The van der Waals surface area contributed by atoms with Gasteiger partial charge in [0.1, 0.15) is 5.69 Å². The molecule has 2 N–H and O–H groups in total. The average molecular weight is 298 g/mol. The largest absolute Gasteiger partial charge is 0.354 e. The molecule has 2 rings (SSSR count). The van der Waals surface area contributed by atoms with Crippen LogP contribution in [0.3, 0.4) is 0 Å². The van der Waals surface area contributed by atoms with Crippen LogP contribution in [-0.2, 0) is 4.79 Å². The maximum Gasteiger partial charge on any atom is 0.270 e. The molecule has 5 nitrogen and oxygen atoms in total. The number of piperidine rings is 1. The number of aromatic nitrogens is 1. The second-order valence-electron chi connectivity index (χ2n) is 3.87. The molecular weight excluding hydrogens is 286 g/mol. The summed E-state index contributed by atoms with van der Waals surface area (Å²) in [6, 6.07) is 3.41. The van der Waals surface area contributed by atoms with E-state index >= 15 is 0 Å². The minimum absolute atomic E-state index is 0.00866. The van der Waals surface area contributed by atoms with E-state index in [2.05, 4.69) is 31.5 Å². The Labute approximate surface area is 107 Å². The lowest BCUT2D eigenvalue weighted by molar-refractivity contribution is -0.122. The van der Waals surface area contributed by atoms with Gasteiger partial charge in [-0.3, -0.25) is 9.59 Å². The minimum atomic E-state index is -0.210. The summed E-state index contributed by atoms with van der Waals surface area (Å²) in [6.45, 7) is 0.487. The highest BCUT2D eigenvalue weighted by Gasteiger charge is 2.20. The molecule has 1 aromatic heterocycles. The van der Waals surface area contributed by atoms with Crippen LogP contribution in [0.4, 0.5) is 0 Å². The summed E-state index contributed by atoms with van der Waals surface area (Å²) in [5, 5.41) is 5.56. The van der Waals surface area contributed by atoms with Crippen LogP contribution >= 0.6 is 15.9 Å². The first-order valence-electron chi connectivity index (χ1n) is 5.34. The average Bonchev–Trinajstić information content (AvgIpc) is 2.33. The molecule has 90 valence electrons. The van der Waals surface area contributed by atoms with Crippen molar-refractivity contribution >= 4 is 27.7 Å². The highest BCUT2D eigenvalue weighted by Crippen LogP contribution is 2.08. The fraction of sp³-hybridized carbons (Fsp3) is 0.364. The number of amides is 2. The molecule has 1 atom stereocenters. The number of nitrogens with one attached hydrogen (secondary N) is 2. The van der Waals surface area contributed by atoms with Crippen LogP contribution in [0.1, 0.15) is 23.3 Å². The van der Waals surface area contributed by atoms with E-state index in [1.807, 2.05) is 0 Å². The summed E-state index contributed by atoms with van der Waals surface area (Å²) in [6.07, 6.45) is 2.71. The van der Waals surface area contributed by atoms with Crippen molar-refractivity contribution in [2.24, 2.45) is 0 Å². The van der Waals surface area contributed by atoms with E-state index in [9.17, 15) is 9.59 Å². The molecule has 1 unspecified atom stereocenters. The number of hydrogen-bond donors (Lipinski definition) is 2. The van der Waals surface area contributed by atoms with Crippen molar-refractivity contribution in [2.75, 3.05) is 6.54 Å². The van der Waals surface area contributed by atoms with Gasteiger partial charge in [-0.05, 0) is 34.5 Å². The van der Waals surface area contributed by atoms with E-state index in [0.29, 0.717) is 25.1 Å². The number of hydrogen-bond acceptors (Lipinski definition) is 3. The third-order valence-electron chi connectivity index (χ3n) is 2.56. The van der Waals surface area contributed by atoms with Gasteiger partial charge >= 0.3 is 0 Å². The van der Waals surface area contributed by atoms with Gasteiger partial charge in [-0.1, -0.05) is 0 Å². The zero-order chi connectivity index (χ0) is 12.3. The number of nitrogens with zero attached hydrogens (tertiary/aromatic N) is 1. The smallest absolute Gasteiger partial charge is 0.270 e. The van der Waals surface area contributed by atoms with E-state index in [1.54, 1.807) is 18.3 Å². The van der Waals surface area contributed by atoms with Gasteiger partial charge in [0.05, 0.1) is 0 Å². The first kappa shape index (κ1) is 12.0. The molecule has 0 bridgehead atoms. The van der Waals surface area contributed by atoms with E-state index in [1.165, 1.54) is 0 Å². The Bertz CT molecular complexity index is 423. The van der Waals surface area contributed by atoms with Crippen molar-refractivity contribution in [1.82, 2.24) is 15.6 Å². The summed E-state index contributed by atoms with van der Waals surface area (Å²) in [7, 11) is 0. The van der Waals surface area contributed by atoms with Crippen molar-refractivity contribution in [3.8, 4) is 0 Å². The van der Waals surface area contributed by atoms with E-state index in [0.717, 1.165) is 4.47 Å². The van der Waals surface area contributed by atoms with Crippen molar-refractivity contribution in [3.63, 3.8) is 0 Å². The standard InChI is InChI=1S/C11H12BrN3O2/c12-7-1-3-9(13-5-7)11(17)15-8-2-4-10(16)14-6-8/h1,3,5,8H,2,4,6H2,(H,14,16)(H,15,17). The van der Waals surface area contributed by atoms with Crippen LogP contribution in [0.5, 0.6) is 0 Å². The van der Waals surface area contributed by atoms with Crippen LogP contribution < -0.4 is 10.6 Å². The third-order valence-corrected chi connectivity index (χ3v) is 3.03. The van der Waals surface area contributed by atoms with Gasteiger partial charge in [-0.15, -0.1) is 0 Å². The highest BCUT2D eigenvalue weighted by molar-refractivity contribution is 9.10. The van der Waals surface area contributed by atoms with E-state index in [4.69, 9.17) is 0 Å².